The van der Waals surface area contributed by atoms with E-state index in [-0.39, 0.29) is 41.9 Å². The number of anilines is 2. The molecule has 4 heterocycles. The fourth-order valence-electron chi connectivity index (χ4n) is 10.0. The number of carbonyl (C=O) groups excluding carboxylic acids is 3. The Morgan fingerprint density at radius 2 is 1.25 bits per heavy atom. The average molecular weight is 1010 g/mol. The average Bonchev–Trinajstić information content (AvgIpc) is 4.19. The normalized spacial score (nSPS) is 27.6. The van der Waals surface area contributed by atoms with Crippen LogP contribution in [-0.2, 0) is 25.5 Å². The summed E-state index contributed by atoms with van der Waals surface area (Å²) in [6.07, 6.45) is 5.17. The second kappa shape index (κ2) is 20.0. The van der Waals surface area contributed by atoms with Gasteiger partial charge in [-0.2, -0.15) is 0 Å². The summed E-state index contributed by atoms with van der Waals surface area (Å²) in [5, 5.41) is 53.1. The Balaban J connectivity index is 0.000000196. The number of benzene rings is 4. The lowest BCUT2D eigenvalue weighted by Gasteiger charge is -2.38. The highest BCUT2D eigenvalue weighted by Crippen LogP contribution is 2.59. The van der Waals surface area contributed by atoms with Crippen molar-refractivity contribution >= 4 is 75.9 Å². The SMILES string of the molecule is C.C.O=C1Nc2cc(Cl)ccc2[C@@]12[C@@H](c1cccc(Cl)c1F)[C@H]([N+](=O)[O-])[C@H](CO)N2CC1CC1.O=C1Nc2cc(Cl)ccc2[C@]12N[C@@H](CO)[C@@H]([N+](=O)[O-])[C@@H]2c1cccc(Cl)c1F.O=CC1CC1. The maximum atomic E-state index is 15.3. The molecule has 0 aromatic heterocycles. The first-order valence-electron chi connectivity index (χ1n) is 20.6. The van der Waals surface area contributed by atoms with Crippen molar-refractivity contribution in [3.05, 3.63) is 147 Å². The number of halogens is 6. The van der Waals surface area contributed by atoms with E-state index in [0.717, 1.165) is 32.0 Å². The molecule has 0 bridgehead atoms. The summed E-state index contributed by atoms with van der Waals surface area (Å²) < 4.78 is 30.3. The molecule has 4 aromatic rings. The molecule has 2 saturated heterocycles. The van der Waals surface area contributed by atoms with E-state index >= 15 is 4.39 Å². The molecule has 8 atom stereocenters. The molecule has 4 aromatic carbocycles. The van der Waals surface area contributed by atoms with Gasteiger partial charge in [0.15, 0.2) is 0 Å². The van der Waals surface area contributed by atoms with Gasteiger partial charge < -0.3 is 25.6 Å². The van der Waals surface area contributed by atoms with Crippen LogP contribution in [0.3, 0.4) is 0 Å². The van der Waals surface area contributed by atoms with Gasteiger partial charge in [-0.3, -0.25) is 40.0 Å². The van der Waals surface area contributed by atoms with Crippen LogP contribution in [0.25, 0.3) is 0 Å². The number of hydrogen-bond acceptors (Lipinski definition) is 11. The predicted molar refractivity (Wildman–Crippen MR) is 250 cm³/mol. The molecule has 15 nitrogen and oxygen atoms in total. The third-order valence-electron chi connectivity index (χ3n) is 13.1. The zero-order valence-corrected chi connectivity index (χ0v) is 37.0. The Morgan fingerprint density at radius 1 is 0.731 bits per heavy atom. The first-order valence-corrected chi connectivity index (χ1v) is 22.1. The summed E-state index contributed by atoms with van der Waals surface area (Å²) in [5.74, 6) is -4.48. The molecule has 0 unspecified atom stereocenters. The molecule has 4 aliphatic heterocycles. The highest BCUT2D eigenvalue weighted by Gasteiger charge is 2.72. The largest absolute Gasteiger partial charge is 0.394 e. The Labute approximate surface area is 404 Å². The molecule has 2 aliphatic carbocycles. The first-order chi connectivity index (χ1) is 31.0. The van der Waals surface area contributed by atoms with Crippen molar-refractivity contribution in [3.63, 3.8) is 0 Å². The van der Waals surface area contributed by atoms with Gasteiger partial charge in [-0.15, -0.1) is 0 Å². The molecule has 5 N–H and O–H groups in total. The van der Waals surface area contributed by atoms with Crippen molar-refractivity contribution in [1.29, 1.82) is 0 Å². The molecule has 67 heavy (non-hydrogen) atoms. The molecule has 6 aliphatic rings. The van der Waals surface area contributed by atoms with Crippen LogP contribution < -0.4 is 16.0 Å². The number of nitro groups is 2. The van der Waals surface area contributed by atoms with E-state index < -0.39 is 93.6 Å². The summed E-state index contributed by atoms with van der Waals surface area (Å²) >= 11 is 24.1. The van der Waals surface area contributed by atoms with E-state index in [1.807, 2.05) is 0 Å². The Bertz CT molecular complexity index is 2610. The number of likely N-dealkylation sites (tertiary alicyclic amines) is 1. The minimum atomic E-state index is -1.66. The number of nitrogens with zero attached hydrogens (tertiary/aromatic N) is 3. The van der Waals surface area contributed by atoms with Gasteiger partial charge in [-0.25, -0.2) is 8.78 Å². The molecule has 2 saturated carbocycles. The van der Waals surface area contributed by atoms with E-state index in [2.05, 4.69) is 16.0 Å². The number of aldehydes is 1. The van der Waals surface area contributed by atoms with E-state index in [9.17, 15) is 49.2 Å². The van der Waals surface area contributed by atoms with Gasteiger partial charge in [0.25, 0.3) is 5.91 Å². The lowest BCUT2D eigenvalue weighted by atomic mass is 9.73. The van der Waals surface area contributed by atoms with Crippen molar-refractivity contribution in [2.75, 3.05) is 30.4 Å². The Morgan fingerprint density at radius 3 is 1.73 bits per heavy atom. The Hall–Kier alpha value is -4.85. The van der Waals surface area contributed by atoms with Crippen molar-refractivity contribution in [1.82, 2.24) is 10.2 Å². The zero-order chi connectivity index (χ0) is 46.7. The Kier molecular flexibility index (Phi) is 15.4. The van der Waals surface area contributed by atoms with Crippen molar-refractivity contribution < 1.29 is 43.2 Å². The van der Waals surface area contributed by atoms with Crippen molar-refractivity contribution in [2.24, 2.45) is 11.8 Å². The highest BCUT2D eigenvalue weighted by molar-refractivity contribution is 6.32. The van der Waals surface area contributed by atoms with Gasteiger partial charge >= 0.3 is 0 Å². The van der Waals surface area contributed by atoms with Gasteiger partial charge in [0.05, 0.1) is 35.1 Å². The number of aliphatic hydroxyl groups is 2. The molecule has 2 spiro atoms. The number of rotatable bonds is 9. The first kappa shape index (κ1) is 51.5. The molecule has 358 valence electrons. The fraction of sp³-hybridized carbons (Fsp3) is 0.413. The third-order valence-corrected chi connectivity index (χ3v) is 14.2. The predicted octanol–water partition coefficient (Wildman–Crippen LogP) is 8.34. The monoisotopic (exact) mass is 1010 g/mol. The maximum absolute atomic E-state index is 15.3. The summed E-state index contributed by atoms with van der Waals surface area (Å²) in [5.41, 5.74) is -1.65. The minimum absolute atomic E-state index is 0. The van der Waals surface area contributed by atoms with Gasteiger partial charge in [-0.05, 0) is 68.0 Å². The van der Waals surface area contributed by atoms with Crippen LogP contribution in [0, 0.1) is 43.7 Å². The van der Waals surface area contributed by atoms with Crippen molar-refractivity contribution in [3.8, 4) is 0 Å². The van der Waals surface area contributed by atoms with Crippen LogP contribution in [0.1, 0.15) is 74.6 Å². The molecule has 21 heteroatoms. The van der Waals surface area contributed by atoms with E-state index in [0.29, 0.717) is 45.0 Å². The van der Waals surface area contributed by atoms with Gasteiger partial charge in [0.1, 0.15) is 41.1 Å². The number of amides is 2. The smallest absolute Gasteiger partial charge is 0.250 e. The quantitative estimate of drug-likeness (QED) is 0.0610. The summed E-state index contributed by atoms with van der Waals surface area (Å²) in [4.78, 5) is 61.3. The number of fused-ring (bicyclic) bond motifs is 4. The van der Waals surface area contributed by atoms with Crippen LogP contribution in [0.2, 0.25) is 20.1 Å². The topological polar surface area (TPSA) is 217 Å². The standard InChI is InChI=1S/C22H20Cl2FN3O4.C18H14Cl2FN3O4.C4H6O.2CH4/c23-12-6-7-14-16(8-12)26-21(30)22(14)18(13-2-1-3-15(24)19(13)25)20(28(31)32)17(10-29)27(22)9-11-4-5-11;19-8-4-5-10-12(6-8)22-17(26)18(10)14(9-2-1-3-11(20)15(9)21)16(24(27)28)13(7-25)23-18;5-3-4-1-2-4;;/h1-3,6-8,11,17-18,20,29H,4-5,9-10H2,(H,26,30);1-6,13-14,16,23,25H,7H2,(H,22,26);3-4H,1-2H2;2*1H4/t17-,18-,20+,22+;13-,14-,16+,18+;;;/m00.../s1. The fourth-order valence-corrected chi connectivity index (χ4v) is 10.7. The van der Waals surface area contributed by atoms with Crippen molar-refractivity contribution in [2.45, 2.75) is 87.6 Å². The molecular formula is C46H48Cl4F2N6O9. The summed E-state index contributed by atoms with van der Waals surface area (Å²) in [7, 11) is 0. The maximum Gasteiger partial charge on any atom is 0.250 e. The van der Waals surface area contributed by atoms with E-state index in [1.165, 1.54) is 42.5 Å². The lowest BCUT2D eigenvalue weighted by Crippen LogP contribution is -2.53. The van der Waals surface area contributed by atoms with Crippen LogP contribution in [0.4, 0.5) is 20.2 Å². The van der Waals surface area contributed by atoms with Crippen LogP contribution >= 0.6 is 46.4 Å². The molecule has 2 amide bonds. The molecule has 10 rings (SSSR count). The number of nitrogens with one attached hydrogen (secondary N) is 3. The second-order valence-electron chi connectivity index (χ2n) is 16.9. The van der Waals surface area contributed by atoms with Gasteiger partial charge in [0, 0.05) is 66.0 Å². The van der Waals surface area contributed by atoms with Crippen LogP contribution in [-0.4, -0.2) is 87.0 Å². The van der Waals surface area contributed by atoms with Crippen LogP contribution in [0.5, 0.6) is 0 Å². The number of aliphatic hydroxyl groups excluding tert-OH is 2. The van der Waals surface area contributed by atoms with E-state index in [1.54, 1.807) is 35.2 Å². The number of hydrogen-bond donors (Lipinski definition) is 5. The lowest BCUT2D eigenvalue weighted by molar-refractivity contribution is -0.528. The van der Waals surface area contributed by atoms with Crippen LogP contribution in [0.15, 0.2) is 72.8 Å². The van der Waals surface area contributed by atoms with Gasteiger partial charge in [0.2, 0.25) is 18.0 Å². The highest BCUT2D eigenvalue weighted by atomic mass is 35.5. The zero-order valence-electron chi connectivity index (χ0n) is 33.9. The summed E-state index contributed by atoms with van der Waals surface area (Å²) in [6.45, 7) is -0.777. The molecule has 0 radical (unpaired) electrons. The molecule has 4 fully saturated rings. The van der Waals surface area contributed by atoms with E-state index in [4.69, 9.17) is 46.4 Å². The summed E-state index contributed by atoms with van der Waals surface area (Å²) in [6, 6.07) is 13.0. The number of carbonyl (C=O) groups is 3. The third kappa shape index (κ3) is 8.77. The molecular weight excluding hydrogens is 960 g/mol. The van der Waals surface area contributed by atoms with Gasteiger partial charge in [-0.1, -0.05) is 97.7 Å². The minimum Gasteiger partial charge on any atom is -0.394 e. The second-order valence-corrected chi connectivity index (χ2v) is 18.6.